The van der Waals surface area contributed by atoms with E-state index in [4.69, 9.17) is 11.6 Å². The Bertz CT molecular complexity index is 494. The van der Waals surface area contributed by atoms with Gasteiger partial charge in [0.25, 0.3) is 0 Å². The Kier molecular flexibility index (Phi) is 2.78. The van der Waals surface area contributed by atoms with Crippen molar-refractivity contribution < 1.29 is 0 Å². The van der Waals surface area contributed by atoms with Crippen LogP contribution in [0.5, 0.6) is 0 Å². The molecular weight excluding hydrogens is 208 g/mol. The van der Waals surface area contributed by atoms with E-state index in [-0.39, 0.29) is 0 Å². The topological polar surface area (TPSA) is 24.9 Å². The summed E-state index contributed by atoms with van der Waals surface area (Å²) in [5.41, 5.74) is 1.18. The van der Waals surface area contributed by atoms with E-state index in [2.05, 4.69) is 24.1 Å². The highest BCUT2D eigenvalue weighted by Crippen LogP contribution is 2.27. The maximum absolute atomic E-state index is 6.04. The number of hydrogen-bond donors (Lipinski definition) is 1. The molecular formula is C12H13ClN2. The van der Waals surface area contributed by atoms with Crippen molar-refractivity contribution in [1.29, 1.82) is 0 Å². The minimum Gasteiger partial charge on any atom is -0.370 e. The van der Waals surface area contributed by atoms with E-state index in [0.717, 1.165) is 22.8 Å². The second kappa shape index (κ2) is 4.07. The highest BCUT2D eigenvalue weighted by molar-refractivity contribution is 6.31. The van der Waals surface area contributed by atoms with E-state index >= 15 is 0 Å². The highest BCUT2D eigenvalue weighted by Gasteiger charge is 2.04. The van der Waals surface area contributed by atoms with Crippen LogP contribution < -0.4 is 5.32 Å². The van der Waals surface area contributed by atoms with E-state index in [9.17, 15) is 0 Å². The van der Waals surface area contributed by atoms with Crippen LogP contribution in [0.15, 0.2) is 24.4 Å². The summed E-state index contributed by atoms with van der Waals surface area (Å²) in [6.07, 6.45) is 1.82. The summed E-state index contributed by atoms with van der Waals surface area (Å²) in [6.45, 7) is 4.97. The summed E-state index contributed by atoms with van der Waals surface area (Å²) >= 11 is 6.04. The van der Waals surface area contributed by atoms with Gasteiger partial charge in [0.1, 0.15) is 5.82 Å². The Balaban J connectivity index is 2.73. The third kappa shape index (κ3) is 1.90. The molecule has 1 heterocycles. The number of benzene rings is 1. The molecule has 2 nitrogen and oxygen atoms in total. The van der Waals surface area contributed by atoms with Gasteiger partial charge in [-0.1, -0.05) is 11.6 Å². The molecule has 0 aliphatic carbocycles. The molecule has 1 aromatic carbocycles. The fourth-order valence-corrected chi connectivity index (χ4v) is 2.01. The molecule has 0 fully saturated rings. The summed E-state index contributed by atoms with van der Waals surface area (Å²) in [6, 6.07) is 5.94. The van der Waals surface area contributed by atoms with Gasteiger partial charge in [0, 0.05) is 23.2 Å². The number of aromatic nitrogens is 1. The molecule has 2 aromatic rings. The Morgan fingerprint density at radius 3 is 2.87 bits per heavy atom. The van der Waals surface area contributed by atoms with E-state index in [1.54, 1.807) is 0 Å². The number of nitrogens with zero attached hydrogens (tertiary/aromatic N) is 1. The first-order valence-electron chi connectivity index (χ1n) is 5.01. The Morgan fingerprint density at radius 1 is 1.33 bits per heavy atom. The van der Waals surface area contributed by atoms with E-state index in [1.807, 2.05) is 24.4 Å². The van der Waals surface area contributed by atoms with Gasteiger partial charge in [-0.3, -0.25) is 0 Å². The first-order valence-corrected chi connectivity index (χ1v) is 5.39. The number of fused-ring (bicyclic) bond motifs is 1. The minimum atomic E-state index is 0.757. The lowest BCUT2D eigenvalue weighted by Crippen LogP contribution is -1.99. The first kappa shape index (κ1) is 10.2. The number of halogens is 1. The molecule has 1 aromatic heterocycles. The van der Waals surface area contributed by atoms with E-state index in [1.165, 1.54) is 10.9 Å². The summed E-state index contributed by atoms with van der Waals surface area (Å²) in [5, 5.41) is 6.28. The van der Waals surface area contributed by atoms with Gasteiger partial charge in [0.2, 0.25) is 0 Å². The summed E-state index contributed by atoms with van der Waals surface area (Å²) in [4.78, 5) is 4.31. The van der Waals surface area contributed by atoms with Crippen LogP contribution in [0.25, 0.3) is 10.8 Å². The zero-order valence-electron chi connectivity index (χ0n) is 8.84. The number of nitrogens with one attached hydrogen (secondary N) is 1. The van der Waals surface area contributed by atoms with Crippen LogP contribution in [0.3, 0.4) is 0 Å². The van der Waals surface area contributed by atoms with Crippen LogP contribution in [0, 0.1) is 6.92 Å². The van der Waals surface area contributed by atoms with E-state index in [0.29, 0.717) is 0 Å². The maximum atomic E-state index is 6.04. The molecule has 0 aliphatic heterocycles. The third-order valence-electron chi connectivity index (χ3n) is 2.40. The van der Waals surface area contributed by atoms with Crippen molar-refractivity contribution in [3.63, 3.8) is 0 Å². The fraction of sp³-hybridized carbons (Fsp3) is 0.250. The maximum Gasteiger partial charge on any atom is 0.133 e. The predicted molar refractivity (Wildman–Crippen MR) is 65.7 cm³/mol. The lowest BCUT2D eigenvalue weighted by atomic mass is 10.1. The largest absolute Gasteiger partial charge is 0.370 e. The van der Waals surface area contributed by atoms with Crippen molar-refractivity contribution in [2.24, 2.45) is 0 Å². The van der Waals surface area contributed by atoms with Gasteiger partial charge >= 0.3 is 0 Å². The Hall–Kier alpha value is -1.28. The molecule has 0 saturated carbocycles. The SMILES string of the molecule is CCNc1nccc2c(C)cc(Cl)cc12. The number of rotatable bonds is 2. The predicted octanol–water partition coefficient (Wildman–Crippen LogP) is 3.63. The van der Waals surface area contributed by atoms with Gasteiger partial charge in [-0.05, 0) is 43.0 Å². The number of aryl methyl sites for hydroxylation is 1. The fourth-order valence-electron chi connectivity index (χ4n) is 1.74. The Morgan fingerprint density at radius 2 is 2.13 bits per heavy atom. The van der Waals surface area contributed by atoms with Gasteiger partial charge in [-0.15, -0.1) is 0 Å². The molecule has 0 aliphatic rings. The van der Waals surface area contributed by atoms with Gasteiger partial charge < -0.3 is 5.32 Å². The smallest absolute Gasteiger partial charge is 0.133 e. The van der Waals surface area contributed by atoms with Crippen molar-refractivity contribution in [3.8, 4) is 0 Å². The third-order valence-corrected chi connectivity index (χ3v) is 2.61. The number of pyridine rings is 1. The van der Waals surface area contributed by atoms with Gasteiger partial charge in [-0.25, -0.2) is 4.98 Å². The van der Waals surface area contributed by atoms with Crippen LogP contribution in [-0.2, 0) is 0 Å². The monoisotopic (exact) mass is 220 g/mol. The van der Waals surface area contributed by atoms with Crippen molar-refractivity contribution in [1.82, 2.24) is 4.98 Å². The standard InChI is InChI=1S/C12H13ClN2/c1-3-14-12-11-7-9(13)6-8(2)10(11)4-5-15-12/h4-7H,3H2,1-2H3,(H,14,15). The van der Waals surface area contributed by atoms with E-state index < -0.39 is 0 Å². The van der Waals surface area contributed by atoms with Crippen LogP contribution in [0.2, 0.25) is 5.02 Å². The second-order valence-corrected chi connectivity index (χ2v) is 3.94. The van der Waals surface area contributed by atoms with Crippen LogP contribution in [0.1, 0.15) is 12.5 Å². The molecule has 0 bridgehead atoms. The lowest BCUT2D eigenvalue weighted by molar-refractivity contribution is 1.17. The van der Waals surface area contributed by atoms with Gasteiger partial charge in [-0.2, -0.15) is 0 Å². The van der Waals surface area contributed by atoms with Gasteiger partial charge in [0.15, 0.2) is 0 Å². The number of anilines is 1. The van der Waals surface area contributed by atoms with Crippen molar-refractivity contribution in [2.45, 2.75) is 13.8 Å². The molecule has 15 heavy (non-hydrogen) atoms. The van der Waals surface area contributed by atoms with Crippen LogP contribution in [-0.4, -0.2) is 11.5 Å². The zero-order chi connectivity index (χ0) is 10.8. The molecule has 0 amide bonds. The molecule has 0 saturated heterocycles. The summed E-state index contributed by atoms with van der Waals surface area (Å²) in [7, 11) is 0. The van der Waals surface area contributed by atoms with Crippen molar-refractivity contribution in [2.75, 3.05) is 11.9 Å². The summed E-state index contributed by atoms with van der Waals surface area (Å²) < 4.78 is 0. The van der Waals surface area contributed by atoms with Gasteiger partial charge in [0.05, 0.1) is 0 Å². The van der Waals surface area contributed by atoms with Crippen LogP contribution in [0.4, 0.5) is 5.82 Å². The first-order chi connectivity index (χ1) is 7.22. The van der Waals surface area contributed by atoms with Crippen LogP contribution >= 0.6 is 11.6 Å². The molecule has 0 spiro atoms. The van der Waals surface area contributed by atoms with Crippen molar-refractivity contribution >= 4 is 28.2 Å². The quantitative estimate of drug-likeness (QED) is 0.836. The normalized spacial score (nSPS) is 10.6. The average Bonchev–Trinajstić information content (AvgIpc) is 2.19. The lowest BCUT2D eigenvalue weighted by Gasteiger charge is -2.08. The second-order valence-electron chi connectivity index (χ2n) is 3.51. The zero-order valence-corrected chi connectivity index (χ0v) is 9.60. The molecule has 0 unspecified atom stereocenters. The molecule has 3 heteroatoms. The Labute approximate surface area is 94.3 Å². The minimum absolute atomic E-state index is 0.757. The van der Waals surface area contributed by atoms with Crippen molar-refractivity contribution in [3.05, 3.63) is 35.0 Å². The highest BCUT2D eigenvalue weighted by atomic mass is 35.5. The average molecular weight is 221 g/mol. The summed E-state index contributed by atoms with van der Waals surface area (Å²) in [5.74, 6) is 0.903. The molecule has 0 radical (unpaired) electrons. The molecule has 78 valence electrons. The molecule has 2 rings (SSSR count). The number of hydrogen-bond acceptors (Lipinski definition) is 2. The molecule has 0 atom stereocenters. The molecule has 1 N–H and O–H groups in total.